The zero-order chi connectivity index (χ0) is 11.5. The Morgan fingerprint density at radius 3 is 2.94 bits per heavy atom. The number of hydrogen-bond acceptors (Lipinski definition) is 4. The van der Waals surface area contributed by atoms with Crippen LogP contribution in [0.4, 0.5) is 11.4 Å². The molecule has 4 heteroatoms. The number of anilines is 2. The minimum absolute atomic E-state index is 0.175. The van der Waals surface area contributed by atoms with Gasteiger partial charge in [-0.1, -0.05) is 0 Å². The normalized spacial score (nSPS) is 14.3. The highest BCUT2D eigenvalue weighted by Crippen LogP contribution is 2.34. The first kappa shape index (κ1) is 11.1. The molecule has 2 rings (SSSR count). The third kappa shape index (κ3) is 2.07. The lowest BCUT2D eigenvalue weighted by molar-refractivity contribution is 0.278. The summed E-state index contributed by atoms with van der Waals surface area (Å²) in [6.45, 7) is 2.37. The van der Waals surface area contributed by atoms with Gasteiger partial charge in [-0.3, -0.25) is 0 Å². The van der Waals surface area contributed by atoms with E-state index in [0.717, 1.165) is 23.7 Å². The van der Waals surface area contributed by atoms with E-state index in [-0.39, 0.29) is 6.61 Å². The number of fused-ring (bicyclic) bond motifs is 1. The van der Waals surface area contributed by atoms with Crippen LogP contribution in [0, 0.1) is 0 Å². The van der Waals surface area contributed by atoms with E-state index in [1.54, 1.807) is 0 Å². The fourth-order valence-corrected chi connectivity index (χ4v) is 1.90. The van der Waals surface area contributed by atoms with E-state index in [9.17, 15) is 0 Å². The second-order valence-corrected chi connectivity index (χ2v) is 4.11. The van der Waals surface area contributed by atoms with Crippen LogP contribution in [0.2, 0.25) is 0 Å². The topological polar surface area (TPSA) is 35.9 Å². The number of nitrogens with zero attached hydrogens (tertiary/aromatic N) is 2. The van der Waals surface area contributed by atoms with Crippen molar-refractivity contribution in [1.82, 2.24) is 0 Å². The number of benzene rings is 1. The predicted molar refractivity (Wildman–Crippen MR) is 65.6 cm³/mol. The van der Waals surface area contributed by atoms with E-state index in [1.807, 2.05) is 20.2 Å². The summed E-state index contributed by atoms with van der Waals surface area (Å²) in [5, 5.41) is 9.00. The van der Waals surface area contributed by atoms with Crippen molar-refractivity contribution in [2.45, 2.75) is 0 Å². The summed E-state index contributed by atoms with van der Waals surface area (Å²) in [5.74, 6) is 0.908. The smallest absolute Gasteiger partial charge is 0.144 e. The molecule has 0 unspecified atom stereocenters. The Morgan fingerprint density at radius 2 is 2.25 bits per heavy atom. The molecule has 16 heavy (non-hydrogen) atoms. The van der Waals surface area contributed by atoms with Crippen molar-refractivity contribution in [2.24, 2.45) is 0 Å². The summed E-state index contributed by atoms with van der Waals surface area (Å²) >= 11 is 0. The van der Waals surface area contributed by atoms with E-state index in [1.165, 1.54) is 0 Å². The number of aliphatic hydroxyl groups excluding tert-OH is 1. The first-order chi connectivity index (χ1) is 7.72. The predicted octanol–water partition coefficient (Wildman–Crippen LogP) is 0.944. The summed E-state index contributed by atoms with van der Waals surface area (Å²) in [6.07, 6.45) is 0. The van der Waals surface area contributed by atoms with Crippen LogP contribution in [0.5, 0.6) is 5.75 Å². The maximum absolute atomic E-state index is 9.00. The van der Waals surface area contributed by atoms with Crippen LogP contribution in [0.15, 0.2) is 18.2 Å². The molecule has 0 aromatic heterocycles. The van der Waals surface area contributed by atoms with Gasteiger partial charge in [-0.2, -0.15) is 0 Å². The van der Waals surface area contributed by atoms with Gasteiger partial charge in [0.1, 0.15) is 12.4 Å². The van der Waals surface area contributed by atoms with Crippen LogP contribution >= 0.6 is 0 Å². The Morgan fingerprint density at radius 1 is 1.44 bits per heavy atom. The molecule has 88 valence electrons. The van der Waals surface area contributed by atoms with E-state index in [2.05, 4.69) is 21.9 Å². The largest absolute Gasteiger partial charge is 0.489 e. The van der Waals surface area contributed by atoms with Crippen molar-refractivity contribution in [1.29, 1.82) is 0 Å². The Labute approximate surface area is 96.0 Å². The van der Waals surface area contributed by atoms with Gasteiger partial charge in [-0.25, -0.2) is 0 Å². The summed E-state index contributed by atoms with van der Waals surface area (Å²) in [6, 6.07) is 6.16. The molecule has 0 radical (unpaired) electrons. The van der Waals surface area contributed by atoms with Crippen LogP contribution in [-0.2, 0) is 0 Å². The molecular weight excluding hydrogens is 204 g/mol. The molecule has 0 bridgehead atoms. The van der Waals surface area contributed by atoms with Gasteiger partial charge in [0.15, 0.2) is 0 Å². The molecule has 0 atom stereocenters. The standard InChI is InChI=1S/C12H18N2O2/c1-13(2)10-3-4-11-12(9-10)16-8-6-14(11)5-7-15/h3-4,9,15H,5-8H2,1-2H3. The summed E-state index contributed by atoms with van der Waals surface area (Å²) in [7, 11) is 4.02. The van der Waals surface area contributed by atoms with Crippen LogP contribution in [0.3, 0.4) is 0 Å². The van der Waals surface area contributed by atoms with Gasteiger partial charge >= 0.3 is 0 Å². The number of aliphatic hydroxyl groups is 1. The Hall–Kier alpha value is -1.42. The average molecular weight is 222 g/mol. The lowest BCUT2D eigenvalue weighted by Crippen LogP contribution is -2.34. The van der Waals surface area contributed by atoms with Crippen molar-refractivity contribution in [3.05, 3.63) is 18.2 Å². The average Bonchev–Trinajstić information content (AvgIpc) is 2.29. The van der Waals surface area contributed by atoms with Crippen LogP contribution < -0.4 is 14.5 Å². The Kier molecular flexibility index (Phi) is 3.19. The van der Waals surface area contributed by atoms with Gasteiger partial charge in [-0.15, -0.1) is 0 Å². The first-order valence-corrected chi connectivity index (χ1v) is 5.52. The molecule has 0 spiro atoms. The van der Waals surface area contributed by atoms with Crippen LogP contribution in [-0.4, -0.2) is 45.5 Å². The van der Waals surface area contributed by atoms with E-state index in [4.69, 9.17) is 9.84 Å². The molecule has 1 aromatic carbocycles. The highest BCUT2D eigenvalue weighted by Gasteiger charge is 2.17. The lowest BCUT2D eigenvalue weighted by atomic mass is 10.2. The molecular formula is C12H18N2O2. The number of rotatable bonds is 3. The van der Waals surface area contributed by atoms with Crippen LogP contribution in [0.25, 0.3) is 0 Å². The van der Waals surface area contributed by atoms with E-state index < -0.39 is 0 Å². The third-order valence-electron chi connectivity index (χ3n) is 2.79. The van der Waals surface area contributed by atoms with Crippen molar-refractivity contribution in [3.63, 3.8) is 0 Å². The number of ether oxygens (including phenoxy) is 1. The molecule has 4 nitrogen and oxygen atoms in total. The second-order valence-electron chi connectivity index (χ2n) is 4.11. The minimum atomic E-state index is 0.175. The third-order valence-corrected chi connectivity index (χ3v) is 2.79. The summed E-state index contributed by atoms with van der Waals surface area (Å²) < 4.78 is 5.64. The van der Waals surface area contributed by atoms with Crippen molar-refractivity contribution >= 4 is 11.4 Å². The maximum Gasteiger partial charge on any atom is 0.144 e. The zero-order valence-electron chi connectivity index (χ0n) is 9.81. The molecule has 0 fully saturated rings. The van der Waals surface area contributed by atoms with Crippen molar-refractivity contribution < 1.29 is 9.84 Å². The van der Waals surface area contributed by atoms with E-state index in [0.29, 0.717) is 13.2 Å². The highest BCUT2D eigenvalue weighted by molar-refractivity contribution is 5.66. The molecule has 0 aliphatic carbocycles. The Balaban J connectivity index is 2.29. The molecule has 0 amide bonds. The minimum Gasteiger partial charge on any atom is -0.489 e. The maximum atomic E-state index is 9.00. The summed E-state index contributed by atoms with van der Waals surface area (Å²) in [4.78, 5) is 4.20. The zero-order valence-corrected chi connectivity index (χ0v) is 9.81. The van der Waals surface area contributed by atoms with E-state index >= 15 is 0 Å². The second kappa shape index (κ2) is 4.61. The fraction of sp³-hybridized carbons (Fsp3) is 0.500. The molecule has 0 saturated heterocycles. The molecule has 1 aromatic rings. The molecule has 0 saturated carbocycles. The Bertz CT molecular complexity index is 366. The lowest BCUT2D eigenvalue weighted by Gasteiger charge is -2.31. The van der Waals surface area contributed by atoms with Gasteiger partial charge < -0.3 is 19.6 Å². The highest BCUT2D eigenvalue weighted by atomic mass is 16.5. The fourth-order valence-electron chi connectivity index (χ4n) is 1.90. The first-order valence-electron chi connectivity index (χ1n) is 5.52. The van der Waals surface area contributed by atoms with Gasteiger partial charge in [-0.05, 0) is 12.1 Å². The van der Waals surface area contributed by atoms with Crippen molar-refractivity contribution in [2.75, 3.05) is 50.2 Å². The SMILES string of the molecule is CN(C)c1ccc2c(c1)OCCN2CCO. The molecule has 1 aliphatic heterocycles. The van der Waals surface area contributed by atoms with Crippen molar-refractivity contribution in [3.8, 4) is 5.75 Å². The molecule has 1 N–H and O–H groups in total. The molecule has 1 heterocycles. The summed E-state index contributed by atoms with van der Waals surface area (Å²) in [5.41, 5.74) is 2.20. The van der Waals surface area contributed by atoms with Gasteiger partial charge in [0, 0.05) is 32.4 Å². The van der Waals surface area contributed by atoms with Crippen LogP contribution in [0.1, 0.15) is 0 Å². The van der Waals surface area contributed by atoms with Gasteiger partial charge in [0.05, 0.1) is 18.8 Å². The van der Waals surface area contributed by atoms with Gasteiger partial charge in [0.2, 0.25) is 0 Å². The number of β-amino-alcohol motifs (C(OH)–C–C–N with tert-alkyl or cyclic N) is 1. The molecule has 1 aliphatic rings. The number of hydrogen-bond donors (Lipinski definition) is 1. The quantitative estimate of drug-likeness (QED) is 0.826. The van der Waals surface area contributed by atoms with Gasteiger partial charge in [0.25, 0.3) is 0 Å². The monoisotopic (exact) mass is 222 g/mol.